The first kappa shape index (κ1) is 20.7. The first-order valence-corrected chi connectivity index (χ1v) is 9.22. The van der Waals surface area contributed by atoms with Crippen molar-refractivity contribution in [3.8, 4) is 0 Å². The maximum absolute atomic E-state index is 8.83. The molecule has 1 unspecified atom stereocenters. The molecule has 0 saturated heterocycles. The first-order chi connectivity index (χ1) is 9.95. The van der Waals surface area contributed by atoms with Crippen molar-refractivity contribution in [2.75, 3.05) is 6.61 Å². The minimum Gasteiger partial charge on any atom is -0.392 e. The van der Waals surface area contributed by atoms with Gasteiger partial charge in [0.15, 0.2) is 0 Å². The van der Waals surface area contributed by atoms with Gasteiger partial charge >= 0.3 is 0 Å². The van der Waals surface area contributed by atoms with E-state index in [2.05, 4.69) is 34.6 Å². The summed E-state index contributed by atoms with van der Waals surface area (Å²) in [4.78, 5) is 0. The van der Waals surface area contributed by atoms with Gasteiger partial charge in [-0.15, -0.1) is 0 Å². The lowest BCUT2D eigenvalue weighted by Crippen LogP contribution is -2.00. The van der Waals surface area contributed by atoms with Gasteiger partial charge in [0.25, 0.3) is 0 Å². The molecule has 0 spiro atoms. The molecule has 0 fully saturated rings. The van der Waals surface area contributed by atoms with Crippen LogP contribution in [0.1, 0.15) is 92.4 Å². The van der Waals surface area contributed by atoms with Crippen molar-refractivity contribution in [2.45, 2.75) is 92.4 Å². The summed E-state index contributed by atoms with van der Waals surface area (Å²) in [6.07, 6.45) is 14.1. The minimum absolute atomic E-state index is 0.191. The highest BCUT2D eigenvalue weighted by Gasteiger charge is 2.06. The first-order valence-electron chi connectivity index (χ1n) is 9.22. The fourth-order valence-corrected chi connectivity index (χ4v) is 2.97. The molecule has 0 radical (unpaired) electrons. The minimum atomic E-state index is 0.191. The standard InChI is InChI=1S/C20H40O/c1-17(2)9-6-10-18(3)11-7-12-19(4)13-8-14-20(5)15-16-21/h15,17-19,21H,6-14,16H2,1-5H3/t18?,19-/m1/s1. The van der Waals surface area contributed by atoms with Crippen LogP contribution in [-0.4, -0.2) is 11.7 Å². The van der Waals surface area contributed by atoms with E-state index in [0.717, 1.165) is 24.2 Å². The summed E-state index contributed by atoms with van der Waals surface area (Å²) in [5, 5.41) is 8.83. The molecule has 0 heterocycles. The number of rotatable bonds is 13. The van der Waals surface area contributed by atoms with Gasteiger partial charge in [-0.05, 0) is 37.5 Å². The highest BCUT2D eigenvalue weighted by Crippen LogP contribution is 2.21. The monoisotopic (exact) mass is 296 g/mol. The van der Waals surface area contributed by atoms with E-state index in [9.17, 15) is 0 Å². The van der Waals surface area contributed by atoms with Crippen LogP contribution in [0.4, 0.5) is 0 Å². The van der Waals surface area contributed by atoms with Gasteiger partial charge in [0, 0.05) is 0 Å². The number of aliphatic hydroxyl groups excluding tert-OH is 1. The molecule has 1 nitrogen and oxygen atoms in total. The average Bonchev–Trinajstić information content (AvgIpc) is 2.38. The normalized spacial score (nSPS) is 15.5. The Morgan fingerprint density at radius 3 is 1.76 bits per heavy atom. The third-order valence-electron chi connectivity index (χ3n) is 4.58. The van der Waals surface area contributed by atoms with E-state index in [-0.39, 0.29) is 6.61 Å². The van der Waals surface area contributed by atoms with Gasteiger partial charge < -0.3 is 5.11 Å². The Morgan fingerprint density at radius 1 is 0.810 bits per heavy atom. The van der Waals surface area contributed by atoms with Crippen LogP contribution in [0.25, 0.3) is 0 Å². The fraction of sp³-hybridized carbons (Fsp3) is 0.900. The van der Waals surface area contributed by atoms with Gasteiger partial charge in [0.05, 0.1) is 6.61 Å². The number of allylic oxidation sites excluding steroid dienone is 1. The third-order valence-corrected chi connectivity index (χ3v) is 4.58. The van der Waals surface area contributed by atoms with E-state index in [1.165, 1.54) is 56.9 Å². The Balaban J connectivity index is 3.52. The quantitative estimate of drug-likeness (QED) is 0.392. The molecule has 2 atom stereocenters. The molecular formula is C20H40O. The largest absolute Gasteiger partial charge is 0.392 e. The molecule has 0 aliphatic carbocycles. The van der Waals surface area contributed by atoms with Crippen molar-refractivity contribution in [3.05, 3.63) is 11.6 Å². The second kappa shape index (κ2) is 13.4. The summed E-state index contributed by atoms with van der Waals surface area (Å²) >= 11 is 0. The predicted molar refractivity (Wildman–Crippen MR) is 95.6 cm³/mol. The van der Waals surface area contributed by atoms with Crippen LogP contribution in [0, 0.1) is 17.8 Å². The molecule has 0 aromatic heterocycles. The molecular weight excluding hydrogens is 256 g/mol. The van der Waals surface area contributed by atoms with Gasteiger partial charge in [0.2, 0.25) is 0 Å². The van der Waals surface area contributed by atoms with Crippen molar-refractivity contribution in [3.63, 3.8) is 0 Å². The third kappa shape index (κ3) is 14.4. The molecule has 0 saturated carbocycles. The Labute approximate surface area is 134 Å². The van der Waals surface area contributed by atoms with E-state index in [1.54, 1.807) is 0 Å². The zero-order valence-electron chi connectivity index (χ0n) is 15.3. The van der Waals surface area contributed by atoms with Crippen LogP contribution in [-0.2, 0) is 0 Å². The summed E-state index contributed by atoms with van der Waals surface area (Å²) in [6, 6.07) is 0. The van der Waals surface area contributed by atoms with E-state index in [4.69, 9.17) is 5.11 Å². The van der Waals surface area contributed by atoms with Gasteiger partial charge in [-0.25, -0.2) is 0 Å². The van der Waals surface area contributed by atoms with E-state index >= 15 is 0 Å². The molecule has 21 heavy (non-hydrogen) atoms. The maximum Gasteiger partial charge on any atom is 0.0614 e. The number of hydrogen-bond acceptors (Lipinski definition) is 1. The predicted octanol–water partition coefficient (Wildman–Crippen LogP) is 6.36. The maximum atomic E-state index is 8.83. The summed E-state index contributed by atoms with van der Waals surface area (Å²) < 4.78 is 0. The topological polar surface area (TPSA) is 20.2 Å². The zero-order chi connectivity index (χ0) is 16.1. The van der Waals surface area contributed by atoms with Crippen LogP contribution in [0.2, 0.25) is 0 Å². The Morgan fingerprint density at radius 2 is 1.29 bits per heavy atom. The molecule has 126 valence electrons. The summed E-state index contributed by atoms with van der Waals surface area (Å²) in [6.45, 7) is 11.8. The van der Waals surface area contributed by atoms with Crippen LogP contribution in [0.5, 0.6) is 0 Å². The highest BCUT2D eigenvalue weighted by molar-refractivity contribution is 4.97. The lowest BCUT2D eigenvalue weighted by molar-refractivity contribution is 0.341. The molecule has 1 heteroatoms. The second-order valence-corrected chi connectivity index (χ2v) is 7.59. The lowest BCUT2D eigenvalue weighted by atomic mass is 9.91. The van der Waals surface area contributed by atoms with E-state index in [0.29, 0.717) is 0 Å². The number of hydrogen-bond donors (Lipinski definition) is 1. The van der Waals surface area contributed by atoms with Gasteiger partial charge in [-0.3, -0.25) is 0 Å². The van der Waals surface area contributed by atoms with Crippen molar-refractivity contribution >= 4 is 0 Å². The molecule has 0 bridgehead atoms. The van der Waals surface area contributed by atoms with E-state index in [1.807, 2.05) is 6.08 Å². The van der Waals surface area contributed by atoms with Crippen LogP contribution in [0.3, 0.4) is 0 Å². The van der Waals surface area contributed by atoms with Crippen molar-refractivity contribution in [1.29, 1.82) is 0 Å². The zero-order valence-corrected chi connectivity index (χ0v) is 15.3. The SMILES string of the molecule is CC(=CCO)CCC[C@H](C)CCCC(C)CCCC(C)C. The second-order valence-electron chi connectivity index (χ2n) is 7.59. The molecule has 0 aromatic rings. The molecule has 0 amide bonds. The van der Waals surface area contributed by atoms with E-state index < -0.39 is 0 Å². The Kier molecular flexibility index (Phi) is 13.2. The molecule has 0 aromatic carbocycles. The van der Waals surface area contributed by atoms with Gasteiger partial charge in [-0.1, -0.05) is 84.3 Å². The lowest BCUT2D eigenvalue weighted by Gasteiger charge is -2.15. The highest BCUT2D eigenvalue weighted by atomic mass is 16.2. The summed E-state index contributed by atoms with van der Waals surface area (Å²) in [7, 11) is 0. The average molecular weight is 297 g/mol. The Bertz CT molecular complexity index is 255. The summed E-state index contributed by atoms with van der Waals surface area (Å²) in [5.74, 6) is 2.63. The molecule has 1 N–H and O–H groups in total. The summed E-state index contributed by atoms with van der Waals surface area (Å²) in [5.41, 5.74) is 1.34. The number of aliphatic hydroxyl groups is 1. The van der Waals surface area contributed by atoms with Gasteiger partial charge in [0.1, 0.15) is 0 Å². The molecule has 0 aliphatic rings. The smallest absolute Gasteiger partial charge is 0.0614 e. The van der Waals surface area contributed by atoms with Gasteiger partial charge in [-0.2, -0.15) is 0 Å². The molecule has 0 aliphatic heterocycles. The van der Waals surface area contributed by atoms with Crippen molar-refractivity contribution in [1.82, 2.24) is 0 Å². The fourth-order valence-electron chi connectivity index (χ4n) is 2.97. The molecule has 0 rings (SSSR count). The van der Waals surface area contributed by atoms with Crippen LogP contribution >= 0.6 is 0 Å². The van der Waals surface area contributed by atoms with Crippen molar-refractivity contribution in [2.24, 2.45) is 17.8 Å². The van der Waals surface area contributed by atoms with Crippen LogP contribution < -0.4 is 0 Å². The van der Waals surface area contributed by atoms with Crippen LogP contribution in [0.15, 0.2) is 11.6 Å². The Hall–Kier alpha value is -0.300. The van der Waals surface area contributed by atoms with Crippen molar-refractivity contribution < 1.29 is 5.11 Å².